The molecule has 0 heterocycles. The van der Waals surface area contributed by atoms with Crippen LogP contribution in [0.25, 0.3) is 0 Å². The van der Waals surface area contributed by atoms with Gasteiger partial charge in [-0.2, -0.15) is 0 Å². The fraction of sp³-hybridized carbons (Fsp3) is 0.917. The first-order valence-electron chi connectivity index (χ1n) is 6.33. The quantitative estimate of drug-likeness (QED) is 0.539. The topological polar surface area (TPSA) is 41.1 Å². The molecule has 1 aliphatic carbocycles. The number of hydrogen-bond donors (Lipinski definition) is 2. The standard InChI is InChI=1S/C12H24N2O/c1-2-13-10-9-12(15)14-11-7-5-3-4-6-8-11/h11,13H,2-10H2,1H3,(H,14,15). The van der Waals surface area contributed by atoms with Crippen molar-refractivity contribution in [1.82, 2.24) is 10.6 Å². The maximum Gasteiger partial charge on any atom is 0.221 e. The van der Waals surface area contributed by atoms with Gasteiger partial charge < -0.3 is 10.6 Å². The van der Waals surface area contributed by atoms with Crippen molar-refractivity contribution in [3.63, 3.8) is 0 Å². The molecule has 2 N–H and O–H groups in total. The monoisotopic (exact) mass is 212 g/mol. The van der Waals surface area contributed by atoms with Crippen LogP contribution >= 0.6 is 0 Å². The second-order valence-corrected chi connectivity index (χ2v) is 4.36. The number of hydrogen-bond acceptors (Lipinski definition) is 2. The lowest BCUT2D eigenvalue weighted by atomic mass is 10.1. The summed E-state index contributed by atoms with van der Waals surface area (Å²) in [5.41, 5.74) is 0. The second kappa shape index (κ2) is 7.69. The average Bonchev–Trinajstić information content (AvgIpc) is 2.47. The van der Waals surface area contributed by atoms with Crippen molar-refractivity contribution in [3.05, 3.63) is 0 Å². The van der Waals surface area contributed by atoms with Gasteiger partial charge in [0.15, 0.2) is 0 Å². The minimum absolute atomic E-state index is 0.211. The molecule has 3 heteroatoms. The Kier molecular flexibility index (Phi) is 6.41. The molecule has 88 valence electrons. The Morgan fingerprint density at radius 3 is 2.47 bits per heavy atom. The summed E-state index contributed by atoms with van der Waals surface area (Å²) in [6, 6.07) is 0.446. The summed E-state index contributed by atoms with van der Waals surface area (Å²) < 4.78 is 0. The second-order valence-electron chi connectivity index (χ2n) is 4.36. The van der Waals surface area contributed by atoms with Crippen LogP contribution in [0.4, 0.5) is 0 Å². The number of carbonyl (C=O) groups is 1. The summed E-state index contributed by atoms with van der Waals surface area (Å²) in [6.07, 6.45) is 8.19. The lowest BCUT2D eigenvalue weighted by Gasteiger charge is -2.16. The van der Waals surface area contributed by atoms with E-state index in [2.05, 4.69) is 17.6 Å². The van der Waals surface area contributed by atoms with Gasteiger partial charge in [-0.15, -0.1) is 0 Å². The molecular weight excluding hydrogens is 188 g/mol. The van der Waals surface area contributed by atoms with Gasteiger partial charge in [0.05, 0.1) is 0 Å². The third-order valence-corrected chi connectivity index (χ3v) is 3.00. The average molecular weight is 212 g/mol. The SMILES string of the molecule is CCNCCC(=O)NC1CCCCCC1. The van der Waals surface area contributed by atoms with Crippen LogP contribution < -0.4 is 10.6 Å². The summed E-state index contributed by atoms with van der Waals surface area (Å²) >= 11 is 0. The van der Waals surface area contributed by atoms with Gasteiger partial charge in [-0.25, -0.2) is 0 Å². The van der Waals surface area contributed by atoms with E-state index in [1.807, 2.05) is 0 Å². The van der Waals surface area contributed by atoms with Crippen molar-refractivity contribution in [2.75, 3.05) is 13.1 Å². The predicted octanol–water partition coefficient (Wildman–Crippen LogP) is 1.82. The molecule has 1 amide bonds. The Labute approximate surface area is 93.0 Å². The van der Waals surface area contributed by atoms with Gasteiger partial charge in [0.1, 0.15) is 0 Å². The van der Waals surface area contributed by atoms with Crippen molar-refractivity contribution in [2.45, 2.75) is 57.9 Å². The zero-order chi connectivity index (χ0) is 10.9. The first-order chi connectivity index (χ1) is 7.33. The molecule has 0 aliphatic heterocycles. The van der Waals surface area contributed by atoms with E-state index in [0.717, 1.165) is 13.1 Å². The smallest absolute Gasteiger partial charge is 0.221 e. The third kappa shape index (κ3) is 5.78. The van der Waals surface area contributed by atoms with E-state index in [4.69, 9.17) is 0 Å². The highest BCUT2D eigenvalue weighted by Gasteiger charge is 2.13. The van der Waals surface area contributed by atoms with Crippen LogP contribution in [0, 0.1) is 0 Å². The fourth-order valence-electron chi connectivity index (χ4n) is 2.10. The molecule has 0 unspecified atom stereocenters. The van der Waals surface area contributed by atoms with Crippen LogP contribution in [0.15, 0.2) is 0 Å². The van der Waals surface area contributed by atoms with Crippen molar-refractivity contribution < 1.29 is 4.79 Å². The van der Waals surface area contributed by atoms with Gasteiger partial charge >= 0.3 is 0 Å². The number of carbonyl (C=O) groups excluding carboxylic acids is 1. The first kappa shape index (κ1) is 12.5. The Morgan fingerprint density at radius 2 is 1.87 bits per heavy atom. The highest BCUT2D eigenvalue weighted by molar-refractivity contribution is 5.76. The highest BCUT2D eigenvalue weighted by Crippen LogP contribution is 2.17. The minimum Gasteiger partial charge on any atom is -0.353 e. The van der Waals surface area contributed by atoms with Gasteiger partial charge in [0.25, 0.3) is 0 Å². The molecule has 1 aliphatic rings. The van der Waals surface area contributed by atoms with Crippen LogP contribution in [0.2, 0.25) is 0 Å². The zero-order valence-corrected chi connectivity index (χ0v) is 9.85. The molecule has 1 fully saturated rings. The molecule has 0 radical (unpaired) electrons. The van der Waals surface area contributed by atoms with Gasteiger partial charge in [-0.1, -0.05) is 32.6 Å². The molecule has 3 nitrogen and oxygen atoms in total. The van der Waals surface area contributed by atoms with E-state index in [0.29, 0.717) is 12.5 Å². The molecule has 0 bridgehead atoms. The van der Waals surface area contributed by atoms with Crippen LogP contribution in [0.1, 0.15) is 51.9 Å². The molecule has 1 saturated carbocycles. The van der Waals surface area contributed by atoms with Crippen LogP contribution in [-0.2, 0) is 4.79 Å². The zero-order valence-electron chi connectivity index (χ0n) is 9.85. The van der Waals surface area contributed by atoms with E-state index >= 15 is 0 Å². The molecule has 0 saturated heterocycles. The Morgan fingerprint density at radius 1 is 1.20 bits per heavy atom. The predicted molar refractivity (Wildman–Crippen MR) is 62.8 cm³/mol. The van der Waals surface area contributed by atoms with Gasteiger partial charge in [-0.3, -0.25) is 4.79 Å². The number of nitrogens with one attached hydrogen (secondary N) is 2. The lowest BCUT2D eigenvalue weighted by Crippen LogP contribution is -2.36. The van der Waals surface area contributed by atoms with Crippen molar-refractivity contribution in [2.24, 2.45) is 0 Å². The molecule has 0 aromatic rings. The largest absolute Gasteiger partial charge is 0.353 e. The first-order valence-corrected chi connectivity index (χ1v) is 6.33. The summed E-state index contributed by atoms with van der Waals surface area (Å²) in [4.78, 5) is 11.5. The molecule has 0 aromatic carbocycles. The molecule has 0 spiro atoms. The van der Waals surface area contributed by atoms with Crippen molar-refractivity contribution in [3.8, 4) is 0 Å². The van der Waals surface area contributed by atoms with Gasteiger partial charge in [0, 0.05) is 19.0 Å². The lowest BCUT2D eigenvalue weighted by molar-refractivity contribution is -0.121. The Hall–Kier alpha value is -0.570. The van der Waals surface area contributed by atoms with E-state index < -0.39 is 0 Å². The third-order valence-electron chi connectivity index (χ3n) is 3.00. The van der Waals surface area contributed by atoms with E-state index in [-0.39, 0.29) is 5.91 Å². The van der Waals surface area contributed by atoms with Gasteiger partial charge in [-0.05, 0) is 19.4 Å². The Balaban J connectivity index is 2.12. The van der Waals surface area contributed by atoms with Gasteiger partial charge in [0.2, 0.25) is 5.91 Å². The maximum atomic E-state index is 11.5. The van der Waals surface area contributed by atoms with E-state index in [9.17, 15) is 4.79 Å². The Bertz CT molecular complexity index is 174. The van der Waals surface area contributed by atoms with Crippen molar-refractivity contribution in [1.29, 1.82) is 0 Å². The number of amides is 1. The molecule has 1 rings (SSSR count). The summed E-state index contributed by atoms with van der Waals surface area (Å²) in [5, 5.41) is 6.31. The van der Waals surface area contributed by atoms with Crippen LogP contribution in [-0.4, -0.2) is 25.0 Å². The molecule has 0 atom stereocenters. The normalized spacial score (nSPS) is 18.5. The fourth-order valence-corrected chi connectivity index (χ4v) is 2.10. The molecule has 0 aromatic heterocycles. The summed E-state index contributed by atoms with van der Waals surface area (Å²) in [7, 11) is 0. The van der Waals surface area contributed by atoms with E-state index in [1.165, 1.54) is 38.5 Å². The van der Waals surface area contributed by atoms with Crippen LogP contribution in [0.3, 0.4) is 0 Å². The summed E-state index contributed by atoms with van der Waals surface area (Å²) in [6.45, 7) is 3.80. The molecular formula is C12H24N2O. The van der Waals surface area contributed by atoms with Crippen LogP contribution in [0.5, 0.6) is 0 Å². The summed E-state index contributed by atoms with van der Waals surface area (Å²) in [5.74, 6) is 0.211. The maximum absolute atomic E-state index is 11.5. The van der Waals surface area contributed by atoms with Crippen molar-refractivity contribution >= 4 is 5.91 Å². The van der Waals surface area contributed by atoms with E-state index in [1.54, 1.807) is 0 Å². The molecule has 15 heavy (non-hydrogen) atoms. The highest BCUT2D eigenvalue weighted by atomic mass is 16.1. The minimum atomic E-state index is 0.211. The number of rotatable bonds is 5.